The van der Waals surface area contributed by atoms with Crippen LogP contribution in [0.15, 0.2) is 11.6 Å². The summed E-state index contributed by atoms with van der Waals surface area (Å²) in [5.74, 6) is 0. The minimum absolute atomic E-state index is 0.175. The monoisotopic (exact) mass is 195 g/mol. The van der Waals surface area contributed by atoms with Crippen molar-refractivity contribution in [3.05, 3.63) is 11.6 Å². The third-order valence-electron chi connectivity index (χ3n) is 3.49. The molecule has 80 valence electrons. The van der Waals surface area contributed by atoms with Gasteiger partial charge in [0.2, 0.25) is 0 Å². The summed E-state index contributed by atoms with van der Waals surface area (Å²) >= 11 is 0. The van der Waals surface area contributed by atoms with Gasteiger partial charge < -0.3 is 5.11 Å². The quantitative estimate of drug-likeness (QED) is 0.696. The highest BCUT2D eigenvalue weighted by Gasteiger charge is 2.32. The lowest BCUT2D eigenvalue weighted by Gasteiger charge is -2.32. The lowest BCUT2D eigenvalue weighted by Crippen LogP contribution is -2.38. The lowest BCUT2D eigenvalue weighted by molar-refractivity contribution is 0.162. The van der Waals surface area contributed by atoms with Crippen molar-refractivity contribution in [1.82, 2.24) is 4.90 Å². The summed E-state index contributed by atoms with van der Waals surface area (Å²) in [7, 11) is 0. The number of nitrogens with zero attached hydrogens (tertiary/aromatic N) is 1. The van der Waals surface area contributed by atoms with Crippen LogP contribution in [0.4, 0.5) is 0 Å². The van der Waals surface area contributed by atoms with Crippen molar-refractivity contribution in [2.75, 3.05) is 13.1 Å². The highest BCUT2D eigenvalue weighted by Crippen LogP contribution is 2.30. The Hall–Kier alpha value is -0.340. The van der Waals surface area contributed by atoms with E-state index in [0.717, 1.165) is 19.3 Å². The largest absolute Gasteiger partial charge is 0.389 e. The first-order chi connectivity index (χ1) is 6.83. The van der Waals surface area contributed by atoms with Crippen molar-refractivity contribution < 1.29 is 5.11 Å². The van der Waals surface area contributed by atoms with Gasteiger partial charge in [-0.05, 0) is 37.8 Å². The fourth-order valence-corrected chi connectivity index (χ4v) is 2.80. The summed E-state index contributed by atoms with van der Waals surface area (Å²) in [5, 5.41) is 10.0. The van der Waals surface area contributed by atoms with E-state index < -0.39 is 0 Å². The molecule has 0 spiro atoms. The molecule has 14 heavy (non-hydrogen) atoms. The number of rotatable bonds is 3. The van der Waals surface area contributed by atoms with Crippen molar-refractivity contribution in [2.45, 2.75) is 51.2 Å². The van der Waals surface area contributed by atoms with Gasteiger partial charge >= 0.3 is 0 Å². The molecule has 2 aliphatic heterocycles. The molecule has 0 unspecified atom stereocenters. The van der Waals surface area contributed by atoms with Gasteiger partial charge in [-0.2, -0.15) is 0 Å². The predicted octanol–water partition coefficient (Wildman–Crippen LogP) is 1.94. The number of aliphatic hydroxyl groups is 1. The lowest BCUT2D eigenvalue weighted by atomic mass is 9.93. The average molecular weight is 195 g/mol. The van der Waals surface area contributed by atoms with E-state index in [0.29, 0.717) is 6.04 Å². The minimum Gasteiger partial charge on any atom is -0.389 e. The van der Waals surface area contributed by atoms with Gasteiger partial charge in [-0.25, -0.2) is 0 Å². The molecule has 2 nitrogen and oxygen atoms in total. The highest BCUT2D eigenvalue weighted by atomic mass is 16.3. The number of hydrogen-bond donors (Lipinski definition) is 1. The molecule has 0 aliphatic carbocycles. The molecule has 0 aromatic rings. The van der Waals surface area contributed by atoms with Crippen LogP contribution in [-0.4, -0.2) is 35.2 Å². The van der Waals surface area contributed by atoms with Gasteiger partial charge in [0.1, 0.15) is 0 Å². The standard InChI is InChI=1S/C12H21NO/c1-2-5-12(14)10-6-3-8-13-9-4-7-11(10)13/h6,11-12,14H,2-5,7-9H2,1H3/t11-,12+/m0/s1. The first kappa shape index (κ1) is 10.2. The van der Waals surface area contributed by atoms with Gasteiger partial charge in [-0.1, -0.05) is 19.4 Å². The summed E-state index contributed by atoms with van der Waals surface area (Å²) in [6, 6.07) is 0.574. The molecule has 2 heteroatoms. The molecule has 2 atom stereocenters. The van der Waals surface area contributed by atoms with Gasteiger partial charge in [0, 0.05) is 12.6 Å². The molecular weight excluding hydrogens is 174 g/mol. The zero-order valence-electron chi connectivity index (χ0n) is 9.08. The fraction of sp³-hybridized carbons (Fsp3) is 0.833. The molecule has 0 bridgehead atoms. The molecule has 0 aromatic heterocycles. The van der Waals surface area contributed by atoms with Crippen molar-refractivity contribution in [2.24, 2.45) is 0 Å². The van der Waals surface area contributed by atoms with Gasteiger partial charge in [0.15, 0.2) is 0 Å². The van der Waals surface area contributed by atoms with Crippen LogP contribution >= 0.6 is 0 Å². The van der Waals surface area contributed by atoms with Crippen LogP contribution in [0, 0.1) is 0 Å². The SMILES string of the molecule is CCC[C@@H](O)C1=CCCN2CCC[C@@H]12. The molecule has 2 aliphatic rings. The van der Waals surface area contributed by atoms with E-state index >= 15 is 0 Å². The van der Waals surface area contributed by atoms with Crippen molar-refractivity contribution in [3.63, 3.8) is 0 Å². The van der Waals surface area contributed by atoms with Crippen LogP contribution in [0.5, 0.6) is 0 Å². The normalized spacial score (nSPS) is 29.9. The van der Waals surface area contributed by atoms with Crippen molar-refractivity contribution in [3.8, 4) is 0 Å². The third kappa shape index (κ3) is 1.86. The summed E-state index contributed by atoms with van der Waals surface area (Å²) in [6.45, 7) is 4.58. The van der Waals surface area contributed by atoms with Gasteiger partial charge in [-0.3, -0.25) is 4.90 Å². The number of aliphatic hydroxyl groups excluding tert-OH is 1. The zero-order chi connectivity index (χ0) is 9.97. The van der Waals surface area contributed by atoms with E-state index in [-0.39, 0.29) is 6.10 Å². The summed E-state index contributed by atoms with van der Waals surface area (Å²) in [6.07, 6.45) is 7.81. The van der Waals surface area contributed by atoms with E-state index in [9.17, 15) is 5.11 Å². The minimum atomic E-state index is -0.175. The molecule has 2 rings (SSSR count). The molecule has 2 heterocycles. The van der Waals surface area contributed by atoms with E-state index in [1.54, 1.807) is 0 Å². The first-order valence-corrected chi connectivity index (χ1v) is 5.95. The van der Waals surface area contributed by atoms with Crippen LogP contribution in [0.2, 0.25) is 0 Å². The molecule has 0 radical (unpaired) electrons. The Morgan fingerprint density at radius 3 is 3.21 bits per heavy atom. The summed E-state index contributed by atoms with van der Waals surface area (Å²) in [5.41, 5.74) is 1.32. The van der Waals surface area contributed by atoms with Crippen LogP contribution < -0.4 is 0 Å². The maximum Gasteiger partial charge on any atom is 0.0765 e. The van der Waals surface area contributed by atoms with Gasteiger partial charge in [-0.15, -0.1) is 0 Å². The Balaban J connectivity index is 2.05. The topological polar surface area (TPSA) is 23.5 Å². The second-order valence-corrected chi connectivity index (χ2v) is 4.49. The maximum atomic E-state index is 10.0. The Morgan fingerprint density at radius 1 is 1.57 bits per heavy atom. The van der Waals surface area contributed by atoms with Crippen LogP contribution in [0.1, 0.15) is 39.0 Å². The number of hydrogen-bond acceptors (Lipinski definition) is 2. The fourth-order valence-electron chi connectivity index (χ4n) is 2.80. The van der Waals surface area contributed by atoms with Gasteiger partial charge in [0.25, 0.3) is 0 Å². The smallest absolute Gasteiger partial charge is 0.0765 e. The Labute approximate surface area is 86.6 Å². The van der Waals surface area contributed by atoms with Gasteiger partial charge in [0.05, 0.1) is 6.10 Å². The van der Waals surface area contributed by atoms with E-state index in [1.807, 2.05) is 0 Å². The maximum absolute atomic E-state index is 10.0. The molecule has 0 saturated carbocycles. The van der Waals surface area contributed by atoms with Crippen molar-refractivity contribution >= 4 is 0 Å². The second-order valence-electron chi connectivity index (χ2n) is 4.49. The van der Waals surface area contributed by atoms with Crippen molar-refractivity contribution in [1.29, 1.82) is 0 Å². The summed E-state index contributed by atoms with van der Waals surface area (Å²) < 4.78 is 0. The molecule has 1 N–H and O–H groups in total. The Bertz CT molecular complexity index is 224. The molecule has 1 fully saturated rings. The highest BCUT2D eigenvalue weighted by molar-refractivity contribution is 5.20. The predicted molar refractivity (Wildman–Crippen MR) is 58.2 cm³/mol. The first-order valence-electron chi connectivity index (χ1n) is 5.95. The van der Waals surface area contributed by atoms with Crippen LogP contribution in [0.25, 0.3) is 0 Å². The van der Waals surface area contributed by atoms with E-state index in [1.165, 1.54) is 31.5 Å². The zero-order valence-corrected chi connectivity index (χ0v) is 9.08. The molecular formula is C12H21NO. The summed E-state index contributed by atoms with van der Waals surface area (Å²) in [4.78, 5) is 2.54. The molecule has 0 aromatic carbocycles. The second kappa shape index (κ2) is 4.45. The Kier molecular flexibility index (Phi) is 3.24. The number of fused-ring (bicyclic) bond motifs is 1. The molecule has 1 saturated heterocycles. The van der Waals surface area contributed by atoms with E-state index in [4.69, 9.17) is 0 Å². The average Bonchev–Trinajstić information content (AvgIpc) is 2.65. The van der Waals surface area contributed by atoms with E-state index in [2.05, 4.69) is 17.9 Å². The third-order valence-corrected chi connectivity index (χ3v) is 3.49. The Morgan fingerprint density at radius 2 is 2.43 bits per heavy atom. The van der Waals surface area contributed by atoms with Crippen LogP contribution in [0.3, 0.4) is 0 Å². The molecule has 0 amide bonds. The van der Waals surface area contributed by atoms with Crippen LogP contribution in [-0.2, 0) is 0 Å².